The average molecular weight is 223 g/mol. The van der Waals surface area contributed by atoms with Gasteiger partial charge in [0.25, 0.3) is 0 Å². The molecule has 0 spiro atoms. The van der Waals surface area contributed by atoms with Gasteiger partial charge >= 0.3 is 0 Å². The fraction of sp³-hybridized carbons (Fsp3) is 0.417. The Hall–Kier alpha value is -1.14. The molecule has 1 nitrogen and oxygen atoms in total. The molecule has 0 unspecified atom stereocenters. The highest BCUT2D eigenvalue weighted by molar-refractivity contribution is 6.83. The van der Waals surface area contributed by atoms with Crippen molar-refractivity contribution in [2.75, 3.05) is 0 Å². The zero-order chi connectivity index (χ0) is 11.9. The summed E-state index contributed by atoms with van der Waals surface area (Å²) in [6.45, 7) is 10.4. The van der Waals surface area contributed by atoms with Crippen LogP contribution in [0.15, 0.2) is 18.3 Å². The molecule has 0 aliphatic carbocycles. The molecule has 1 aromatic heterocycles. The summed E-state index contributed by atoms with van der Waals surface area (Å²) in [7, 11) is -1.42. The Morgan fingerprint density at radius 2 is 1.87 bits per heavy atom. The normalized spacial score (nSPS) is 9.47. The highest BCUT2D eigenvalue weighted by atomic mass is 28.3. The molecule has 3 heteroatoms. The van der Waals surface area contributed by atoms with Crippen LogP contribution < -0.4 is 0 Å². The van der Waals surface area contributed by atoms with Crippen LogP contribution in [0.2, 0.25) is 19.6 Å². The number of pyridine rings is 1. The predicted octanol–water partition coefficient (Wildman–Crippen LogP) is 3.48. The third-order valence-electron chi connectivity index (χ3n) is 1.33. The van der Waals surface area contributed by atoms with E-state index in [0.29, 0.717) is 5.56 Å². The van der Waals surface area contributed by atoms with Gasteiger partial charge in [0, 0.05) is 6.20 Å². The van der Waals surface area contributed by atoms with Gasteiger partial charge in [-0.05, 0) is 12.1 Å². The van der Waals surface area contributed by atoms with Crippen LogP contribution in [0, 0.1) is 17.4 Å². The molecule has 0 fully saturated rings. The highest BCUT2D eigenvalue weighted by Gasteiger charge is 2.08. The smallest absolute Gasteiger partial charge is 0.227 e. The molecule has 0 saturated carbocycles. The van der Waals surface area contributed by atoms with Gasteiger partial charge in [-0.3, -0.25) is 0 Å². The van der Waals surface area contributed by atoms with E-state index >= 15 is 0 Å². The molecule has 0 aromatic carbocycles. The lowest BCUT2D eigenvalue weighted by molar-refractivity contribution is 0.580. The van der Waals surface area contributed by atoms with Gasteiger partial charge < -0.3 is 0 Å². The van der Waals surface area contributed by atoms with Crippen LogP contribution in [-0.4, -0.2) is 13.1 Å². The Kier molecular flexibility index (Phi) is 5.88. The van der Waals surface area contributed by atoms with Gasteiger partial charge in [0.2, 0.25) is 5.95 Å². The van der Waals surface area contributed by atoms with Crippen molar-refractivity contribution in [1.82, 2.24) is 4.98 Å². The number of hydrogen-bond acceptors (Lipinski definition) is 1. The molecule has 82 valence electrons. The molecular formula is C12H18FNSi. The Morgan fingerprint density at radius 1 is 1.27 bits per heavy atom. The first-order chi connectivity index (χ1) is 6.99. The van der Waals surface area contributed by atoms with Gasteiger partial charge in [-0.25, -0.2) is 4.98 Å². The topological polar surface area (TPSA) is 12.9 Å². The van der Waals surface area contributed by atoms with Crippen LogP contribution >= 0.6 is 0 Å². The van der Waals surface area contributed by atoms with E-state index in [1.54, 1.807) is 12.1 Å². The van der Waals surface area contributed by atoms with Crippen molar-refractivity contribution in [3.8, 4) is 11.5 Å². The first kappa shape index (κ1) is 13.9. The Labute approximate surface area is 92.8 Å². The lowest BCUT2D eigenvalue weighted by Crippen LogP contribution is -2.16. The second kappa shape index (κ2) is 6.36. The lowest BCUT2D eigenvalue weighted by atomic mass is 10.3. The molecule has 0 aliphatic heterocycles. The molecule has 0 atom stereocenters. The standard InChI is InChI=1S/C10H12FNSi.C2H6/c1-13(2,3)8-6-9-5-4-7-12-10(9)11;1-2/h4-5,7H,1-3H3;1-2H3. The van der Waals surface area contributed by atoms with Crippen molar-refractivity contribution < 1.29 is 4.39 Å². The van der Waals surface area contributed by atoms with Crippen molar-refractivity contribution in [2.24, 2.45) is 0 Å². The molecule has 0 radical (unpaired) electrons. The quantitative estimate of drug-likeness (QED) is 0.373. The van der Waals surface area contributed by atoms with Gasteiger partial charge in [0.05, 0.1) is 5.56 Å². The number of halogens is 1. The van der Waals surface area contributed by atoms with Crippen molar-refractivity contribution in [1.29, 1.82) is 0 Å². The maximum Gasteiger partial charge on any atom is 0.228 e. The Bertz CT molecular complexity index is 358. The summed E-state index contributed by atoms with van der Waals surface area (Å²) < 4.78 is 13.0. The SMILES string of the molecule is CC.C[Si](C)(C)C#Cc1cccnc1F. The fourth-order valence-corrected chi connectivity index (χ4v) is 1.24. The number of aromatic nitrogens is 1. The minimum Gasteiger partial charge on any atom is -0.227 e. The summed E-state index contributed by atoms with van der Waals surface area (Å²) in [5.74, 6) is 2.35. The van der Waals surface area contributed by atoms with Gasteiger partial charge in [0.15, 0.2) is 0 Å². The van der Waals surface area contributed by atoms with E-state index in [9.17, 15) is 4.39 Å². The molecule has 1 aromatic rings. The zero-order valence-electron chi connectivity index (χ0n) is 10.1. The van der Waals surface area contributed by atoms with E-state index < -0.39 is 14.0 Å². The molecular weight excluding hydrogens is 205 g/mol. The highest BCUT2D eigenvalue weighted by Crippen LogP contribution is 2.02. The number of rotatable bonds is 0. The summed E-state index contributed by atoms with van der Waals surface area (Å²) in [5.41, 5.74) is 3.48. The third kappa shape index (κ3) is 6.03. The van der Waals surface area contributed by atoms with E-state index in [1.807, 2.05) is 13.8 Å². The summed E-state index contributed by atoms with van der Waals surface area (Å²) in [5, 5.41) is 0. The second-order valence-electron chi connectivity index (χ2n) is 3.84. The molecule has 0 N–H and O–H groups in total. The summed E-state index contributed by atoms with van der Waals surface area (Å²) in [6.07, 6.45) is 1.43. The maximum atomic E-state index is 13.0. The van der Waals surface area contributed by atoms with E-state index in [2.05, 4.69) is 36.1 Å². The third-order valence-corrected chi connectivity index (χ3v) is 2.21. The predicted molar refractivity (Wildman–Crippen MR) is 65.8 cm³/mol. The molecule has 1 heterocycles. The van der Waals surface area contributed by atoms with Crippen LogP contribution in [-0.2, 0) is 0 Å². The molecule has 0 saturated heterocycles. The molecule has 0 bridgehead atoms. The first-order valence-corrected chi connectivity index (χ1v) is 8.63. The van der Waals surface area contributed by atoms with Gasteiger partial charge in [-0.15, -0.1) is 5.54 Å². The minimum absolute atomic E-state index is 0.393. The summed E-state index contributed by atoms with van der Waals surface area (Å²) in [6, 6.07) is 3.34. The van der Waals surface area contributed by atoms with Crippen LogP contribution in [0.25, 0.3) is 0 Å². The van der Waals surface area contributed by atoms with Gasteiger partial charge in [0.1, 0.15) is 8.07 Å². The number of nitrogens with zero attached hydrogens (tertiary/aromatic N) is 1. The van der Waals surface area contributed by atoms with E-state index in [4.69, 9.17) is 0 Å². The largest absolute Gasteiger partial charge is 0.228 e. The van der Waals surface area contributed by atoms with Crippen molar-refractivity contribution >= 4 is 8.07 Å². The zero-order valence-corrected chi connectivity index (χ0v) is 11.1. The van der Waals surface area contributed by atoms with Crippen LogP contribution in [0.1, 0.15) is 19.4 Å². The van der Waals surface area contributed by atoms with Crippen molar-refractivity contribution in [2.45, 2.75) is 33.5 Å². The lowest BCUT2D eigenvalue weighted by Gasteiger charge is -2.03. The Balaban J connectivity index is 0.000000921. The minimum atomic E-state index is -1.42. The van der Waals surface area contributed by atoms with E-state index in [1.165, 1.54) is 6.20 Å². The second-order valence-corrected chi connectivity index (χ2v) is 8.59. The van der Waals surface area contributed by atoms with Crippen LogP contribution in [0.3, 0.4) is 0 Å². The number of hydrogen-bond donors (Lipinski definition) is 0. The van der Waals surface area contributed by atoms with Crippen molar-refractivity contribution in [3.05, 3.63) is 29.8 Å². The van der Waals surface area contributed by atoms with E-state index in [0.717, 1.165) is 0 Å². The molecule has 0 amide bonds. The van der Waals surface area contributed by atoms with Crippen LogP contribution in [0.5, 0.6) is 0 Å². The fourth-order valence-electron chi connectivity index (χ4n) is 0.734. The average Bonchev–Trinajstić information content (AvgIpc) is 2.18. The summed E-state index contributed by atoms with van der Waals surface area (Å²) >= 11 is 0. The molecule has 1 rings (SSSR count). The summed E-state index contributed by atoms with van der Waals surface area (Å²) in [4.78, 5) is 3.53. The monoisotopic (exact) mass is 223 g/mol. The van der Waals surface area contributed by atoms with Gasteiger partial charge in [-0.1, -0.05) is 39.4 Å². The molecule has 0 aliphatic rings. The maximum absolute atomic E-state index is 13.0. The molecule has 15 heavy (non-hydrogen) atoms. The van der Waals surface area contributed by atoms with Gasteiger partial charge in [-0.2, -0.15) is 4.39 Å². The van der Waals surface area contributed by atoms with Crippen molar-refractivity contribution in [3.63, 3.8) is 0 Å². The van der Waals surface area contributed by atoms with Crippen LogP contribution in [0.4, 0.5) is 4.39 Å². The first-order valence-electron chi connectivity index (χ1n) is 5.13. The van der Waals surface area contributed by atoms with E-state index in [-0.39, 0.29) is 0 Å². The Morgan fingerprint density at radius 3 is 2.33 bits per heavy atom.